The van der Waals surface area contributed by atoms with Crippen molar-refractivity contribution >= 4 is 0 Å². The van der Waals surface area contributed by atoms with Crippen molar-refractivity contribution in [3.8, 4) is 0 Å². The Morgan fingerprint density at radius 2 is 1.74 bits per heavy atom. The van der Waals surface area contributed by atoms with Crippen LogP contribution in [0.3, 0.4) is 0 Å². The second kappa shape index (κ2) is 4.60. The lowest BCUT2D eigenvalue weighted by Crippen LogP contribution is -2.57. The predicted molar refractivity (Wildman–Crippen MR) is 80.1 cm³/mol. The number of likely N-dealkylation sites (tertiary alicyclic amines) is 2. The van der Waals surface area contributed by atoms with E-state index in [2.05, 4.69) is 60.9 Å². The Labute approximate surface area is 117 Å². The fourth-order valence-corrected chi connectivity index (χ4v) is 3.62. The van der Waals surface area contributed by atoms with Crippen LogP contribution < -0.4 is 0 Å². The summed E-state index contributed by atoms with van der Waals surface area (Å²) in [5, 5.41) is 0. The SMILES string of the molecule is CC(C)(C)N1CCC2(CN(Cc3ccccc3)C2)C1. The molecule has 0 aromatic heterocycles. The maximum atomic E-state index is 2.66. The molecule has 2 heterocycles. The minimum Gasteiger partial charge on any atom is -0.298 e. The first-order valence-electron chi connectivity index (χ1n) is 7.48. The van der Waals surface area contributed by atoms with Gasteiger partial charge in [-0.3, -0.25) is 9.80 Å². The van der Waals surface area contributed by atoms with E-state index in [4.69, 9.17) is 0 Å². The van der Waals surface area contributed by atoms with Gasteiger partial charge in [0, 0.05) is 37.1 Å². The van der Waals surface area contributed by atoms with Crippen molar-refractivity contribution in [1.29, 1.82) is 0 Å². The summed E-state index contributed by atoms with van der Waals surface area (Å²) in [6.07, 6.45) is 1.38. The van der Waals surface area contributed by atoms with Gasteiger partial charge in [-0.1, -0.05) is 30.3 Å². The van der Waals surface area contributed by atoms with Gasteiger partial charge in [-0.25, -0.2) is 0 Å². The van der Waals surface area contributed by atoms with Gasteiger partial charge in [-0.2, -0.15) is 0 Å². The summed E-state index contributed by atoms with van der Waals surface area (Å²) in [5.41, 5.74) is 2.38. The molecule has 0 N–H and O–H groups in total. The van der Waals surface area contributed by atoms with Gasteiger partial charge in [0.25, 0.3) is 0 Å². The Hall–Kier alpha value is -0.860. The molecule has 2 nitrogen and oxygen atoms in total. The Bertz CT molecular complexity index is 426. The van der Waals surface area contributed by atoms with Crippen molar-refractivity contribution in [2.75, 3.05) is 26.2 Å². The summed E-state index contributed by atoms with van der Waals surface area (Å²) in [4.78, 5) is 5.26. The summed E-state index contributed by atoms with van der Waals surface area (Å²) in [5.74, 6) is 0. The molecule has 3 rings (SSSR count). The van der Waals surface area contributed by atoms with Gasteiger partial charge in [0.2, 0.25) is 0 Å². The quantitative estimate of drug-likeness (QED) is 0.804. The molecule has 1 aromatic carbocycles. The molecule has 0 unspecified atom stereocenters. The van der Waals surface area contributed by atoms with Gasteiger partial charge >= 0.3 is 0 Å². The molecule has 0 aliphatic carbocycles. The maximum absolute atomic E-state index is 2.66. The molecule has 0 amide bonds. The topological polar surface area (TPSA) is 6.48 Å². The van der Waals surface area contributed by atoms with Gasteiger partial charge in [0.05, 0.1) is 0 Å². The predicted octanol–water partition coefficient (Wildman–Crippen LogP) is 2.99. The first-order chi connectivity index (χ1) is 8.97. The number of rotatable bonds is 2. The molecule has 19 heavy (non-hydrogen) atoms. The molecule has 1 spiro atoms. The summed E-state index contributed by atoms with van der Waals surface area (Å²) in [7, 11) is 0. The smallest absolute Gasteiger partial charge is 0.0234 e. The highest BCUT2D eigenvalue weighted by molar-refractivity contribution is 5.16. The van der Waals surface area contributed by atoms with Crippen LogP contribution in [0.1, 0.15) is 32.8 Å². The van der Waals surface area contributed by atoms with E-state index in [-0.39, 0.29) is 0 Å². The van der Waals surface area contributed by atoms with Crippen molar-refractivity contribution in [3.05, 3.63) is 35.9 Å². The first kappa shape index (κ1) is 13.1. The molecule has 0 atom stereocenters. The molecule has 104 valence electrons. The fraction of sp³-hybridized carbons (Fsp3) is 0.647. The third-order valence-electron chi connectivity index (χ3n) is 4.75. The lowest BCUT2D eigenvalue weighted by molar-refractivity contribution is -0.00520. The van der Waals surface area contributed by atoms with Crippen LogP contribution in [0, 0.1) is 5.41 Å². The Morgan fingerprint density at radius 3 is 2.32 bits per heavy atom. The lowest BCUT2D eigenvalue weighted by atomic mass is 9.78. The number of hydrogen-bond acceptors (Lipinski definition) is 2. The average molecular weight is 258 g/mol. The van der Waals surface area contributed by atoms with Crippen LogP contribution in [0.4, 0.5) is 0 Å². The van der Waals surface area contributed by atoms with Gasteiger partial charge in [0.1, 0.15) is 0 Å². The van der Waals surface area contributed by atoms with E-state index in [9.17, 15) is 0 Å². The minimum atomic E-state index is 0.337. The van der Waals surface area contributed by atoms with Gasteiger partial charge in [0.15, 0.2) is 0 Å². The molecule has 2 saturated heterocycles. The monoisotopic (exact) mass is 258 g/mol. The summed E-state index contributed by atoms with van der Waals surface area (Å²) >= 11 is 0. The minimum absolute atomic E-state index is 0.337. The standard InChI is InChI=1S/C17H26N2/c1-16(2,3)19-10-9-17(14-19)12-18(13-17)11-15-7-5-4-6-8-15/h4-8H,9-14H2,1-3H3. The Morgan fingerprint density at radius 1 is 1.05 bits per heavy atom. The van der Waals surface area contributed by atoms with E-state index >= 15 is 0 Å². The highest BCUT2D eigenvalue weighted by Gasteiger charge is 2.48. The lowest BCUT2D eigenvalue weighted by Gasteiger charge is -2.49. The normalized spacial score (nSPS) is 23.7. The van der Waals surface area contributed by atoms with Crippen LogP contribution in [0.2, 0.25) is 0 Å². The van der Waals surface area contributed by atoms with E-state index < -0.39 is 0 Å². The zero-order valence-electron chi connectivity index (χ0n) is 12.5. The average Bonchev–Trinajstić information content (AvgIpc) is 2.75. The van der Waals surface area contributed by atoms with Crippen molar-refractivity contribution in [2.45, 2.75) is 39.3 Å². The molecule has 0 radical (unpaired) electrons. The van der Waals surface area contributed by atoms with Crippen LogP contribution in [-0.4, -0.2) is 41.5 Å². The molecule has 1 aromatic rings. The zero-order valence-corrected chi connectivity index (χ0v) is 12.5. The van der Waals surface area contributed by atoms with Crippen LogP contribution in [-0.2, 0) is 6.54 Å². The summed E-state index contributed by atoms with van der Waals surface area (Å²) in [6.45, 7) is 13.3. The summed E-state index contributed by atoms with van der Waals surface area (Å²) < 4.78 is 0. The molecule has 2 aliphatic heterocycles. The Kier molecular flexibility index (Phi) is 3.18. The van der Waals surface area contributed by atoms with Gasteiger partial charge < -0.3 is 0 Å². The summed E-state index contributed by atoms with van der Waals surface area (Å²) in [6, 6.07) is 10.9. The van der Waals surface area contributed by atoms with Crippen molar-refractivity contribution < 1.29 is 0 Å². The van der Waals surface area contributed by atoms with Crippen molar-refractivity contribution in [1.82, 2.24) is 9.80 Å². The van der Waals surface area contributed by atoms with E-state index in [0.29, 0.717) is 11.0 Å². The number of hydrogen-bond donors (Lipinski definition) is 0. The second-order valence-corrected chi connectivity index (χ2v) is 7.47. The van der Waals surface area contributed by atoms with Crippen LogP contribution >= 0.6 is 0 Å². The molecule has 2 fully saturated rings. The molecule has 2 aliphatic rings. The molecule has 2 heteroatoms. The van der Waals surface area contributed by atoms with Gasteiger partial charge in [-0.15, -0.1) is 0 Å². The van der Waals surface area contributed by atoms with Crippen molar-refractivity contribution in [3.63, 3.8) is 0 Å². The molecular weight excluding hydrogens is 232 g/mol. The highest BCUT2D eigenvalue weighted by Crippen LogP contribution is 2.42. The fourth-order valence-electron chi connectivity index (χ4n) is 3.62. The van der Waals surface area contributed by atoms with Crippen LogP contribution in [0.25, 0.3) is 0 Å². The maximum Gasteiger partial charge on any atom is 0.0234 e. The van der Waals surface area contributed by atoms with Crippen molar-refractivity contribution in [2.24, 2.45) is 5.41 Å². The second-order valence-electron chi connectivity index (χ2n) is 7.47. The number of benzene rings is 1. The van der Waals surface area contributed by atoms with E-state index in [0.717, 1.165) is 6.54 Å². The van der Waals surface area contributed by atoms with E-state index in [1.165, 1.54) is 38.2 Å². The van der Waals surface area contributed by atoms with Gasteiger partial charge in [-0.05, 0) is 39.3 Å². The largest absolute Gasteiger partial charge is 0.298 e. The number of nitrogens with zero attached hydrogens (tertiary/aromatic N) is 2. The van der Waals surface area contributed by atoms with Crippen LogP contribution in [0.5, 0.6) is 0 Å². The highest BCUT2D eigenvalue weighted by atomic mass is 15.3. The molecule has 0 bridgehead atoms. The molecule has 0 saturated carbocycles. The van der Waals surface area contributed by atoms with E-state index in [1.807, 2.05) is 0 Å². The third-order valence-corrected chi connectivity index (χ3v) is 4.75. The molecular formula is C17H26N2. The first-order valence-corrected chi connectivity index (χ1v) is 7.48. The van der Waals surface area contributed by atoms with E-state index in [1.54, 1.807) is 0 Å². The Balaban J connectivity index is 1.53. The van der Waals surface area contributed by atoms with Crippen LogP contribution in [0.15, 0.2) is 30.3 Å². The zero-order chi connectivity index (χ0) is 13.5. The third kappa shape index (κ3) is 2.70.